The number of imidazole rings is 1. The van der Waals surface area contributed by atoms with Crippen LogP contribution in [0.15, 0.2) is 4.99 Å². The number of hydrogen-bond acceptors (Lipinski definition) is 3. The van der Waals surface area contributed by atoms with Crippen LogP contribution in [-0.2, 0) is 4.79 Å². The molecule has 0 bridgehead atoms. The molecule has 2 atom stereocenters. The van der Waals surface area contributed by atoms with Gasteiger partial charge in [-0.3, -0.25) is 14.6 Å². The number of aliphatic imine (C=N–C) groups is 1. The molecule has 1 aromatic rings. The summed E-state index contributed by atoms with van der Waals surface area (Å²) < 4.78 is 4.15. The fourth-order valence-electron chi connectivity index (χ4n) is 3.46. The number of fused-ring (bicyclic) bond motifs is 3. The first-order valence-electron chi connectivity index (χ1n) is 8.15. The molecule has 0 radical (unpaired) electrons. The van der Waals surface area contributed by atoms with Gasteiger partial charge in [-0.05, 0) is 34.1 Å². The zero-order valence-electron chi connectivity index (χ0n) is 14.6. The highest BCUT2D eigenvalue weighted by Gasteiger charge is 2.53. The van der Waals surface area contributed by atoms with Crippen molar-refractivity contribution in [1.82, 2.24) is 14.4 Å². The van der Waals surface area contributed by atoms with E-state index in [1.807, 2.05) is 18.4 Å². The van der Waals surface area contributed by atoms with Crippen LogP contribution in [0.1, 0.15) is 50.7 Å². The maximum absolute atomic E-state index is 12.8. The Kier molecular flexibility index (Phi) is 3.54. The third kappa shape index (κ3) is 1.88. The highest BCUT2D eigenvalue weighted by molar-refractivity contribution is 6.19. The Morgan fingerprint density at radius 3 is 2.48 bits per heavy atom. The number of likely N-dealkylation sites (N-methyl/N-ethyl adjacent to an activating group) is 2. The molecule has 0 spiro atoms. The second kappa shape index (κ2) is 5.18. The second-order valence-electron chi connectivity index (χ2n) is 6.26. The van der Waals surface area contributed by atoms with Gasteiger partial charge in [-0.15, -0.1) is 0 Å². The molecule has 1 aromatic heterocycles. The minimum Gasteiger partial charge on any atom is -0.270 e. The Labute approximate surface area is 136 Å². The summed E-state index contributed by atoms with van der Waals surface area (Å²) in [5, 5.41) is 0. The first-order valence-corrected chi connectivity index (χ1v) is 8.15. The second-order valence-corrected chi connectivity index (χ2v) is 6.26. The molecule has 3 heterocycles. The van der Waals surface area contributed by atoms with Gasteiger partial charge in [-0.1, -0.05) is 11.9 Å². The van der Waals surface area contributed by atoms with Crippen LogP contribution in [0.25, 0.3) is 0 Å². The number of hydrogen-bond donors (Lipinski definition) is 0. The topological polar surface area (TPSA) is 61.8 Å². The summed E-state index contributed by atoms with van der Waals surface area (Å²) >= 11 is 0. The third-order valence-corrected chi connectivity index (χ3v) is 5.10. The first kappa shape index (κ1) is 15.7. The summed E-state index contributed by atoms with van der Waals surface area (Å²) in [6.45, 7) is 10.5. The van der Waals surface area contributed by atoms with Gasteiger partial charge in [0.05, 0.1) is 6.04 Å². The summed E-state index contributed by atoms with van der Waals surface area (Å²) in [6, 6.07) is -0.549. The number of rotatable bonds is 3. The van der Waals surface area contributed by atoms with E-state index in [1.54, 1.807) is 7.05 Å². The number of aromatic nitrogens is 2. The van der Waals surface area contributed by atoms with Crippen LogP contribution in [0.4, 0.5) is 10.7 Å². The van der Waals surface area contributed by atoms with Crippen LogP contribution < -0.4 is 4.57 Å². The molecule has 124 valence electrons. The van der Waals surface area contributed by atoms with Gasteiger partial charge >= 0.3 is 12.0 Å². The maximum atomic E-state index is 12.8. The molecular formula is C16H24N5O2+. The van der Waals surface area contributed by atoms with Crippen LogP contribution >= 0.6 is 0 Å². The third-order valence-electron chi connectivity index (χ3n) is 5.10. The summed E-state index contributed by atoms with van der Waals surface area (Å²) in [7, 11) is 1.69. The van der Waals surface area contributed by atoms with Crippen molar-refractivity contribution >= 4 is 23.7 Å². The monoisotopic (exact) mass is 318 g/mol. The summed E-state index contributed by atoms with van der Waals surface area (Å²) in [4.78, 5) is 32.6. The lowest BCUT2D eigenvalue weighted by molar-refractivity contribution is -0.683. The molecule has 2 unspecified atom stereocenters. The number of carbonyl (C=O) groups excluding carboxylic acids is 2. The minimum absolute atomic E-state index is 0.192. The molecule has 1 fully saturated rings. The number of imide groups is 1. The van der Waals surface area contributed by atoms with Gasteiger partial charge in [0.15, 0.2) is 0 Å². The molecule has 7 heteroatoms. The zero-order valence-corrected chi connectivity index (χ0v) is 14.6. The molecule has 0 N–H and O–H groups in total. The van der Waals surface area contributed by atoms with Crippen LogP contribution in [0.5, 0.6) is 0 Å². The van der Waals surface area contributed by atoms with E-state index in [2.05, 4.69) is 30.3 Å². The van der Waals surface area contributed by atoms with E-state index in [0.717, 1.165) is 23.8 Å². The fraction of sp³-hybridized carbons (Fsp3) is 0.625. The van der Waals surface area contributed by atoms with Crippen molar-refractivity contribution in [2.75, 3.05) is 13.6 Å². The first-order chi connectivity index (χ1) is 10.8. The lowest BCUT2D eigenvalue weighted by Gasteiger charge is -2.32. The normalized spacial score (nSPS) is 21.5. The molecule has 0 aliphatic carbocycles. The molecular weight excluding hydrogens is 294 g/mol. The largest absolute Gasteiger partial charge is 0.402 e. The van der Waals surface area contributed by atoms with Crippen molar-refractivity contribution in [2.24, 2.45) is 4.99 Å². The summed E-state index contributed by atoms with van der Waals surface area (Å²) in [5.74, 6) is 1.10. The maximum Gasteiger partial charge on any atom is 0.402 e. The van der Waals surface area contributed by atoms with E-state index < -0.39 is 6.04 Å². The number of amidine groups is 1. The van der Waals surface area contributed by atoms with Gasteiger partial charge in [0.2, 0.25) is 11.9 Å². The predicted molar refractivity (Wildman–Crippen MR) is 85.8 cm³/mol. The van der Waals surface area contributed by atoms with E-state index in [-0.39, 0.29) is 18.0 Å². The molecule has 23 heavy (non-hydrogen) atoms. The zero-order chi connectivity index (χ0) is 17.0. The van der Waals surface area contributed by atoms with Gasteiger partial charge in [0.25, 0.3) is 5.91 Å². The Bertz CT molecular complexity index is 733. The van der Waals surface area contributed by atoms with Gasteiger partial charge in [0.1, 0.15) is 11.4 Å². The summed E-state index contributed by atoms with van der Waals surface area (Å²) in [6.07, 6.45) is 0.973. The van der Waals surface area contributed by atoms with E-state index in [9.17, 15) is 9.59 Å². The standard InChI is InChI=1S/C16H24N5O2/c1-7-9(3)20-10(4)11(5)21-12-13(17-15(20)21)18(6)16(23)19(8-2)14(12)22/h9,12H,7-8H2,1-6H3/q+1. The lowest BCUT2D eigenvalue weighted by Crippen LogP contribution is -2.63. The average molecular weight is 318 g/mol. The van der Waals surface area contributed by atoms with E-state index in [0.29, 0.717) is 12.4 Å². The molecule has 0 aromatic carbocycles. The smallest absolute Gasteiger partial charge is 0.270 e. The molecule has 3 rings (SSSR count). The minimum atomic E-state index is -0.531. The lowest BCUT2D eigenvalue weighted by atomic mass is 10.1. The Hall–Kier alpha value is -2.18. The van der Waals surface area contributed by atoms with Crippen molar-refractivity contribution in [3.8, 4) is 0 Å². The van der Waals surface area contributed by atoms with E-state index >= 15 is 0 Å². The molecule has 1 saturated heterocycles. The Morgan fingerprint density at radius 1 is 1.26 bits per heavy atom. The van der Waals surface area contributed by atoms with Gasteiger partial charge in [0, 0.05) is 13.6 Å². The van der Waals surface area contributed by atoms with Crippen LogP contribution in [0.3, 0.4) is 0 Å². The van der Waals surface area contributed by atoms with Crippen molar-refractivity contribution in [2.45, 2.75) is 53.1 Å². The number of amides is 3. The van der Waals surface area contributed by atoms with Crippen molar-refractivity contribution < 1.29 is 14.2 Å². The Morgan fingerprint density at radius 2 is 1.91 bits per heavy atom. The molecule has 2 aliphatic heterocycles. The van der Waals surface area contributed by atoms with Gasteiger partial charge < -0.3 is 0 Å². The highest BCUT2D eigenvalue weighted by Crippen LogP contribution is 2.33. The van der Waals surface area contributed by atoms with Crippen LogP contribution in [0, 0.1) is 13.8 Å². The van der Waals surface area contributed by atoms with Gasteiger partial charge in [-0.25, -0.2) is 13.9 Å². The summed E-state index contributed by atoms with van der Waals surface area (Å²) in [5.41, 5.74) is 2.14. The number of urea groups is 1. The van der Waals surface area contributed by atoms with Crippen molar-refractivity contribution in [3.63, 3.8) is 0 Å². The van der Waals surface area contributed by atoms with Crippen LogP contribution in [0.2, 0.25) is 0 Å². The Balaban J connectivity index is 2.22. The number of carbonyl (C=O) groups is 2. The average Bonchev–Trinajstić information content (AvgIpc) is 3.02. The van der Waals surface area contributed by atoms with Crippen molar-refractivity contribution in [3.05, 3.63) is 11.4 Å². The fourth-order valence-corrected chi connectivity index (χ4v) is 3.46. The van der Waals surface area contributed by atoms with E-state index in [1.165, 1.54) is 9.80 Å². The molecule has 2 aliphatic rings. The van der Waals surface area contributed by atoms with Crippen LogP contribution in [-0.4, -0.2) is 45.7 Å². The quantitative estimate of drug-likeness (QED) is 0.799. The highest BCUT2D eigenvalue weighted by atomic mass is 16.2. The molecule has 7 nitrogen and oxygen atoms in total. The number of nitrogens with zero attached hydrogens (tertiary/aromatic N) is 5. The van der Waals surface area contributed by atoms with E-state index in [4.69, 9.17) is 0 Å². The van der Waals surface area contributed by atoms with Gasteiger partial charge in [-0.2, -0.15) is 0 Å². The molecule has 0 saturated carbocycles. The van der Waals surface area contributed by atoms with Crippen molar-refractivity contribution in [1.29, 1.82) is 0 Å². The predicted octanol–water partition coefficient (Wildman–Crippen LogP) is 1.86. The molecule has 3 amide bonds. The SMILES string of the molecule is CCC(C)n1c(C)c(C)[n+]2c1N=C1C2C(=O)N(CC)C(=O)N1C.